The van der Waals surface area contributed by atoms with Gasteiger partial charge in [-0.3, -0.25) is 4.79 Å². The fourth-order valence-electron chi connectivity index (χ4n) is 1.59. The van der Waals surface area contributed by atoms with Gasteiger partial charge >= 0.3 is 0 Å². The monoisotopic (exact) mass is 261 g/mol. The Morgan fingerprint density at radius 1 is 1.22 bits per heavy atom. The third-order valence-corrected chi connectivity index (χ3v) is 2.79. The van der Waals surface area contributed by atoms with E-state index in [0.29, 0.717) is 16.3 Å². The molecule has 2 aromatic carbocycles. The normalized spacial score (nSPS) is 10.1. The van der Waals surface area contributed by atoms with Gasteiger partial charge in [0, 0.05) is 11.8 Å². The van der Waals surface area contributed by atoms with E-state index >= 15 is 0 Å². The zero-order valence-electron chi connectivity index (χ0n) is 9.77. The Bertz CT molecular complexity index is 596. The van der Waals surface area contributed by atoms with Gasteiger partial charge in [-0.15, -0.1) is 0 Å². The van der Waals surface area contributed by atoms with Gasteiger partial charge in [0.05, 0.1) is 10.6 Å². The molecule has 0 spiro atoms. The molecule has 0 saturated carbocycles. The second-order valence-electron chi connectivity index (χ2n) is 3.99. The Morgan fingerprint density at radius 2 is 2.00 bits per heavy atom. The third kappa shape index (κ3) is 2.81. The number of anilines is 1. The highest BCUT2D eigenvalue weighted by Crippen LogP contribution is 2.20. The minimum atomic E-state index is -0.300. The van der Waals surface area contributed by atoms with Crippen molar-refractivity contribution in [1.82, 2.24) is 0 Å². The van der Waals surface area contributed by atoms with Crippen molar-refractivity contribution in [1.29, 1.82) is 0 Å². The van der Waals surface area contributed by atoms with Crippen LogP contribution in [0.1, 0.15) is 15.9 Å². The van der Waals surface area contributed by atoms with E-state index in [-0.39, 0.29) is 11.7 Å². The van der Waals surface area contributed by atoms with Crippen molar-refractivity contribution < 1.29 is 9.90 Å². The molecule has 2 N–H and O–H groups in total. The van der Waals surface area contributed by atoms with Gasteiger partial charge in [-0.2, -0.15) is 0 Å². The number of benzene rings is 2. The van der Waals surface area contributed by atoms with Crippen LogP contribution in [-0.4, -0.2) is 11.0 Å². The Balaban J connectivity index is 2.22. The molecule has 0 aliphatic carbocycles. The highest BCUT2D eigenvalue weighted by atomic mass is 35.5. The summed E-state index contributed by atoms with van der Waals surface area (Å²) >= 11 is 6.01. The van der Waals surface area contributed by atoms with Gasteiger partial charge in [-0.05, 0) is 36.8 Å². The van der Waals surface area contributed by atoms with E-state index < -0.39 is 0 Å². The molecule has 0 unspecified atom stereocenters. The molecule has 0 heterocycles. The van der Waals surface area contributed by atoms with Gasteiger partial charge in [-0.25, -0.2) is 0 Å². The van der Waals surface area contributed by atoms with Crippen LogP contribution in [0.25, 0.3) is 0 Å². The van der Waals surface area contributed by atoms with E-state index in [1.54, 1.807) is 24.3 Å². The lowest BCUT2D eigenvalue weighted by molar-refractivity contribution is 0.102. The molecular formula is C14H12ClNO2. The zero-order chi connectivity index (χ0) is 13.1. The Morgan fingerprint density at radius 3 is 2.67 bits per heavy atom. The number of aryl methyl sites for hydroxylation is 1. The van der Waals surface area contributed by atoms with Crippen LogP contribution in [-0.2, 0) is 0 Å². The standard InChI is InChI=1S/C14H12ClNO2/c1-9-5-6-12(13(15)7-9)14(18)16-10-3-2-4-11(17)8-10/h2-8,17H,1H3,(H,16,18). The molecule has 0 fully saturated rings. The van der Waals surface area contributed by atoms with Crippen molar-refractivity contribution in [3.05, 3.63) is 58.6 Å². The molecular weight excluding hydrogens is 250 g/mol. The summed E-state index contributed by atoms with van der Waals surface area (Å²) in [4.78, 5) is 12.0. The van der Waals surface area contributed by atoms with Gasteiger partial charge in [0.25, 0.3) is 5.91 Å². The maximum atomic E-state index is 12.0. The SMILES string of the molecule is Cc1ccc(C(=O)Nc2cccc(O)c2)c(Cl)c1. The molecule has 0 saturated heterocycles. The van der Waals surface area contributed by atoms with Gasteiger partial charge < -0.3 is 10.4 Å². The van der Waals surface area contributed by atoms with Crippen LogP contribution in [0.15, 0.2) is 42.5 Å². The lowest BCUT2D eigenvalue weighted by Crippen LogP contribution is -2.12. The maximum absolute atomic E-state index is 12.0. The molecule has 18 heavy (non-hydrogen) atoms. The van der Waals surface area contributed by atoms with Gasteiger partial charge in [0.1, 0.15) is 5.75 Å². The van der Waals surface area contributed by atoms with Crippen molar-refractivity contribution >= 4 is 23.2 Å². The lowest BCUT2D eigenvalue weighted by atomic mass is 10.1. The summed E-state index contributed by atoms with van der Waals surface area (Å²) in [6.07, 6.45) is 0. The van der Waals surface area contributed by atoms with Gasteiger partial charge in [-0.1, -0.05) is 23.7 Å². The topological polar surface area (TPSA) is 49.3 Å². The van der Waals surface area contributed by atoms with Crippen LogP contribution in [0.3, 0.4) is 0 Å². The van der Waals surface area contributed by atoms with Crippen molar-refractivity contribution in [2.24, 2.45) is 0 Å². The molecule has 0 aromatic heterocycles. The highest BCUT2D eigenvalue weighted by molar-refractivity contribution is 6.34. The number of nitrogens with one attached hydrogen (secondary N) is 1. The predicted molar refractivity (Wildman–Crippen MR) is 72.2 cm³/mol. The fraction of sp³-hybridized carbons (Fsp3) is 0.0714. The molecule has 0 radical (unpaired) electrons. The summed E-state index contributed by atoms with van der Waals surface area (Å²) in [5, 5.41) is 12.4. The van der Waals surface area contributed by atoms with Crippen LogP contribution in [0.5, 0.6) is 5.75 Å². The molecule has 4 heteroatoms. The van der Waals surface area contributed by atoms with Crippen molar-refractivity contribution in [2.45, 2.75) is 6.92 Å². The number of carbonyl (C=O) groups is 1. The smallest absolute Gasteiger partial charge is 0.257 e. The number of carbonyl (C=O) groups excluding carboxylic acids is 1. The number of phenols is 1. The van der Waals surface area contributed by atoms with Crippen molar-refractivity contribution in [3.63, 3.8) is 0 Å². The number of rotatable bonds is 2. The molecule has 2 rings (SSSR count). The first-order chi connectivity index (χ1) is 8.56. The van der Waals surface area contributed by atoms with Crippen LogP contribution >= 0.6 is 11.6 Å². The molecule has 0 atom stereocenters. The molecule has 0 aliphatic rings. The van der Waals surface area contributed by atoms with Crippen LogP contribution in [0.2, 0.25) is 5.02 Å². The molecule has 3 nitrogen and oxygen atoms in total. The summed E-state index contributed by atoms with van der Waals surface area (Å²) in [5.41, 5.74) is 1.93. The second kappa shape index (κ2) is 5.10. The first-order valence-electron chi connectivity index (χ1n) is 5.43. The summed E-state index contributed by atoms with van der Waals surface area (Å²) in [7, 11) is 0. The van der Waals surface area contributed by atoms with E-state index in [1.807, 2.05) is 13.0 Å². The van der Waals surface area contributed by atoms with E-state index in [2.05, 4.69) is 5.32 Å². The van der Waals surface area contributed by atoms with E-state index in [1.165, 1.54) is 12.1 Å². The number of aromatic hydroxyl groups is 1. The van der Waals surface area contributed by atoms with E-state index in [9.17, 15) is 9.90 Å². The van der Waals surface area contributed by atoms with Gasteiger partial charge in [0.2, 0.25) is 0 Å². The number of hydrogen-bond acceptors (Lipinski definition) is 2. The van der Waals surface area contributed by atoms with Crippen LogP contribution < -0.4 is 5.32 Å². The molecule has 92 valence electrons. The van der Waals surface area contributed by atoms with E-state index in [4.69, 9.17) is 11.6 Å². The third-order valence-electron chi connectivity index (χ3n) is 2.47. The summed E-state index contributed by atoms with van der Waals surface area (Å²) in [6, 6.07) is 11.6. The maximum Gasteiger partial charge on any atom is 0.257 e. The Kier molecular flexibility index (Phi) is 3.53. The van der Waals surface area contributed by atoms with Crippen LogP contribution in [0.4, 0.5) is 5.69 Å². The number of amides is 1. The first-order valence-corrected chi connectivity index (χ1v) is 5.80. The molecule has 1 amide bonds. The van der Waals surface area contributed by atoms with Crippen molar-refractivity contribution in [3.8, 4) is 5.75 Å². The Labute approximate surface area is 110 Å². The Hall–Kier alpha value is -2.00. The minimum Gasteiger partial charge on any atom is -0.508 e. The quantitative estimate of drug-likeness (QED) is 0.868. The number of halogens is 1. The zero-order valence-corrected chi connectivity index (χ0v) is 10.5. The molecule has 0 bridgehead atoms. The number of hydrogen-bond donors (Lipinski definition) is 2. The summed E-state index contributed by atoms with van der Waals surface area (Å²) in [6.45, 7) is 1.91. The highest BCUT2D eigenvalue weighted by Gasteiger charge is 2.10. The average molecular weight is 262 g/mol. The second-order valence-corrected chi connectivity index (χ2v) is 4.39. The van der Waals surface area contributed by atoms with E-state index in [0.717, 1.165) is 5.56 Å². The van der Waals surface area contributed by atoms with Crippen LogP contribution in [0, 0.1) is 6.92 Å². The fourth-order valence-corrected chi connectivity index (χ4v) is 1.91. The predicted octanol–water partition coefficient (Wildman–Crippen LogP) is 3.61. The molecule has 0 aliphatic heterocycles. The number of phenolic OH excluding ortho intramolecular Hbond substituents is 1. The average Bonchev–Trinajstić information content (AvgIpc) is 2.28. The largest absolute Gasteiger partial charge is 0.508 e. The minimum absolute atomic E-state index is 0.0998. The van der Waals surface area contributed by atoms with Crippen molar-refractivity contribution in [2.75, 3.05) is 5.32 Å². The summed E-state index contributed by atoms with van der Waals surface area (Å²) < 4.78 is 0. The summed E-state index contributed by atoms with van der Waals surface area (Å²) in [5.74, 6) is -0.201. The lowest BCUT2D eigenvalue weighted by Gasteiger charge is -2.07. The van der Waals surface area contributed by atoms with Gasteiger partial charge in [0.15, 0.2) is 0 Å². The molecule has 2 aromatic rings. The first kappa shape index (κ1) is 12.5.